The second-order valence-electron chi connectivity index (χ2n) is 5.27. The van der Waals surface area contributed by atoms with Crippen LogP contribution in [-0.2, 0) is 0 Å². The minimum Gasteiger partial charge on any atom is -0.478 e. The predicted octanol–water partition coefficient (Wildman–Crippen LogP) is 4.50. The fourth-order valence-electron chi connectivity index (χ4n) is 2.46. The van der Waals surface area contributed by atoms with E-state index in [0.29, 0.717) is 5.56 Å². The zero-order valence-electron chi connectivity index (χ0n) is 12.7. The minimum absolute atomic E-state index is 0.308. The molecule has 114 valence electrons. The maximum absolute atomic E-state index is 11.0. The molecule has 0 aliphatic rings. The molecule has 2 N–H and O–H groups in total. The van der Waals surface area contributed by atoms with Gasteiger partial charge in [-0.05, 0) is 60.0 Å². The molecule has 3 rings (SSSR count). The van der Waals surface area contributed by atoms with Gasteiger partial charge in [0.15, 0.2) is 0 Å². The molecule has 4 nitrogen and oxygen atoms in total. The largest absolute Gasteiger partial charge is 0.478 e. The molecular formula is C19H16N2O2. The standard InChI is InChI=1S/C19H16N2O2/c1-13-12-15(19(22)23)4-7-18(13)14-2-5-16(6-3-14)21-17-8-10-20-11-9-17/h2-12H,1H3,(H,20,21)(H,22,23). The summed E-state index contributed by atoms with van der Waals surface area (Å²) in [7, 11) is 0. The van der Waals surface area contributed by atoms with Gasteiger partial charge in [-0.15, -0.1) is 0 Å². The highest BCUT2D eigenvalue weighted by molar-refractivity contribution is 5.89. The van der Waals surface area contributed by atoms with Gasteiger partial charge in [-0.2, -0.15) is 0 Å². The van der Waals surface area contributed by atoms with E-state index in [1.807, 2.05) is 49.4 Å². The molecule has 0 saturated carbocycles. The van der Waals surface area contributed by atoms with E-state index in [9.17, 15) is 4.79 Å². The number of anilines is 2. The van der Waals surface area contributed by atoms with Crippen LogP contribution in [0.3, 0.4) is 0 Å². The molecule has 1 heterocycles. The van der Waals surface area contributed by atoms with Crippen LogP contribution in [0.5, 0.6) is 0 Å². The van der Waals surface area contributed by atoms with Crippen LogP contribution in [0, 0.1) is 6.92 Å². The van der Waals surface area contributed by atoms with Crippen molar-refractivity contribution in [2.45, 2.75) is 6.92 Å². The minimum atomic E-state index is -0.906. The van der Waals surface area contributed by atoms with Crippen LogP contribution in [0.15, 0.2) is 67.0 Å². The van der Waals surface area contributed by atoms with Gasteiger partial charge in [-0.1, -0.05) is 18.2 Å². The van der Waals surface area contributed by atoms with E-state index >= 15 is 0 Å². The lowest BCUT2D eigenvalue weighted by molar-refractivity contribution is 0.0697. The Hall–Kier alpha value is -3.14. The first kappa shape index (κ1) is 14.8. The van der Waals surface area contributed by atoms with Crippen molar-refractivity contribution < 1.29 is 9.90 Å². The number of carboxylic acid groups (broad SMARTS) is 1. The topological polar surface area (TPSA) is 62.2 Å². The molecule has 0 amide bonds. The summed E-state index contributed by atoms with van der Waals surface area (Å²) in [6, 6.07) is 17.0. The molecule has 0 atom stereocenters. The van der Waals surface area contributed by atoms with Crippen molar-refractivity contribution in [3.63, 3.8) is 0 Å². The third kappa shape index (κ3) is 3.37. The predicted molar refractivity (Wildman–Crippen MR) is 91.1 cm³/mol. The van der Waals surface area contributed by atoms with Crippen molar-refractivity contribution in [3.8, 4) is 11.1 Å². The van der Waals surface area contributed by atoms with Gasteiger partial charge in [0, 0.05) is 23.8 Å². The Bertz CT molecular complexity index is 828. The molecule has 23 heavy (non-hydrogen) atoms. The van der Waals surface area contributed by atoms with Crippen molar-refractivity contribution in [2.75, 3.05) is 5.32 Å². The van der Waals surface area contributed by atoms with Crippen LogP contribution in [0.4, 0.5) is 11.4 Å². The first-order chi connectivity index (χ1) is 11.1. The molecule has 0 bridgehead atoms. The number of aromatic carboxylic acids is 1. The Morgan fingerprint density at radius 3 is 2.22 bits per heavy atom. The SMILES string of the molecule is Cc1cc(C(=O)O)ccc1-c1ccc(Nc2ccncc2)cc1. The van der Waals surface area contributed by atoms with Crippen LogP contribution in [0.2, 0.25) is 0 Å². The number of nitrogens with zero attached hydrogens (tertiary/aromatic N) is 1. The number of carbonyl (C=O) groups is 1. The number of pyridine rings is 1. The Balaban J connectivity index is 1.83. The first-order valence-corrected chi connectivity index (χ1v) is 7.25. The zero-order chi connectivity index (χ0) is 16.2. The molecule has 3 aromatic rings. The van der Waals surface area contributed by atoms with E-state index in [0.717, 1.165) is 28.1 Å². The third-order valence-electron chi connectivity index (χ3n) is 3.64. The van der Waals surface area contributed by atoms with Gasteiger partial charge in [0.05, 0.1) is 5.56 Å². The van der Waals surface area contributed by atoms with Crippen LogP contribution in [0.1, 0.15) is 15.9 Å². The van der Waals surface area contributed by atoms with Gasteiger partial charge >= 0.3 is 5.97 Å². The van der Waals surface area contributed by atoms with Crippen LogP contribution >= 0.6 is 0 Å². The van der Waals surface area contributed by atoms with Crippen molar-refractivity contribution in [2.24, 2.45) is 0 Å². The molecule has 0 unspecified atom stereocenters. The van der Waals surface area contributed by atoms with Crippen LogP contribution < -0.4 is 5.32 Å². The van der Waals surface area contributed by atoms with E-state index in [4.69, 9.17) is 5.11 Å². The number of aromatic nitrogens is 1. The van der Waals surface area contributed by atoms with E-state index < -0.39 is 5.97 Å². The smallest absolute Gasteiger partial charge is 0.335 e. The fraction of sp³-hybridized carbons (Fsp3) is 0.0526. The number of nitrogens with one attached hydrogen (secondary N) is 1. The monoisotopic (exact) mass is 304 g/mol. The Kier molecular flexibility index (Phi) is 4.06. The number of hydrogen-bond acceptors (Lipinski definition) is 3. The van der Waals surface area contributed by atoms with Gasteiger partial charge in [-0.25, -0.2) is 4.79 Å². The highest BCUT2D eigenvalue weighted by Gasteiger charge is 2.07. The molecule has 2 aromatic carbocycles. The zero-order valence-corrected chi connectivity index (χ0v) is 12.7. The summed E-state index contributed by atoms with van der Waals surface area (Å²) in [4.78, 5) is 15.0. The molecule has 0 fully saturated rings. The fourth-order valence-corrected chi connectivity index (χ4v) is 2.46. The van der Waals surface area contributed by atoms with E-state index in [-0.39, 0.29) is 0 Å². The Morgan fingerprint density at radius 2 is 1.61 bits per heavy atom. The molecule has 0 saturated heterocycles. The summed E-state index contributed by atoms with van der Waals surface area (Å²) in [6.45, 7) is 1.92. The Labute approximate surface area is 134 Å². The molecular weight excluding hydrogens is 288 g/mol. The first-order valence-electron chi connectivity index (χ1n) is 7.25. The number of aryl methyl sites for hydroxylation is 1. The number of hydrogen-bond donors (Lipinski definition) is 2. The highest BCUT2D eigenvalue weighted by Crippen LogP contribution is 2.26. The number of carboxylic acids is 1. The number of benzene rings is 2. The summed E-state index contributed by atoms with van der Waals surface area (Å²) < 4.78 is 0. The molecule has 0 aliphatic heterocycles. The normalized spacial score (nSPS) is 10.3. The summed E-state index contributed by atoms with van der Waals surface area (Å²) in [5, 5.41) is 12.3. The second-order valence-corrected chi connectivity index (χ2v) is 5.27. The quantitative estimate of drug-likeness (QED) is 0.745. The third-order valence-corrected chi connectivity index (χ3v) is 3.64. The molecule has 0 spiro atoms. The lowest BCUT2D eigenvalue weighted by atomic mass is 9.98. The second kappa shape index (κ2) is 6.32. The molecule has 0 radical (unpaired) electrons. The lowest BCUT2D eigenvalue weighted by Gasteiger charge is -2.10. The molecule has 1 aromatic heterocycles. The van der Waals surface area contributed by atoms with E-state index in [2.05, 4.69) is 10.3 Å². The van der Waals surface area contributed by atoms with Crippen molar-refractivity contribution in [1.29, 1.82) is 0 Å². The molecule has 4 heteroatoms. The lowest BCUT2D eigenvalue weighted by Crippen LogP contribution is -1.97. The maximum Gasteiger partial charge on any atom is 0.335 e. The molecule has 0 aliphatic carbocycles. The van der Waals surface area contributed by atoms with Crippen molar-refractivity contribution in [3.05, 3.63) is 78.1 Å². The van der Waals surface area contributed by atoms with Gasteiger partial charge in [-0.3, -0.25) is 4.98 Å². The summed E-state index contributed by atoms with van der Waals surface area (Å²) in [5.74, 6) is -0.906. The van der Waals surface area contributed by atoms with Gasteiger partial charge in [0.25, 0.3) is 0 Å². The number of rotatable bonds is 4. The van der Waals surface area contributed by atoms with Gasteiger partial charge in [0.2, 0.25) is 0 Å². The van der Waals surface area contributed by atoms with Crippen LogP contribution in [0.25, 0.3) is 11.1 Å². The van der Waals surface area contributed by atoms with E-state index in [1.165, 1.54) is 0 Å². The maximum atomic E-state index is 11.0. The van der Waals surface area contributed by atoms with Crippen molar-refractivity contribution >= 4 is 17.3 Å². The van der Waals surface area contributed by atoms with Gasteiger partial charge < -0.3 is 10.4 Å². The Morgan fingerprint density at radius 1 is 0.957 bits per heavy atom. The van der Waals surface area contributed by atoms with E-state index in [1.54, 1.807) is 24.5 Å². The summed E-state index contributed by atoms with van der Waals surface area (Å²) >= 11 is 0. The average molecular weight is 304 g/mol. The van der Waals surface area contributed by atoms with Crippen molar-refractivity contribution in [1.82, 2.24) is 4.98 Å². The van der Waals surface area contributed by atoms with Gasteiger partial charge in [0.1, 0.15) is 0 Å². The average Bonchev–Trinajstić information content (AvgIpc) is 2.56. The summed E-state index contributed by atoms with van der Waals surface area (Å²) in [5.41, 5.74) is 5.31. The highest BCUT2D eigenvalue weighted by atomic mass is 16.4. The summed E-state index contributed by atoms with van der Waals surface area (Å²) in [6.07, 6.45) is 3.48. The van der Waals surface area contributed by atoms with Crippen LogP contribution in [-0.4, -0.2) is 16.1 Å².